The summed E-state index contributed by atoms with van der Waals surface area (Å²) in [5.41, 5.74) is 0.380. The first-order valence-corrected chi connectivity index (χ1v) is 6.39. The summed E-state index contributed by atoms with van der Waals surface area (Å²) in [7, 11) is 0. The standard InChI is InChI=1S/C15H7BrN4/c16-13-5-1-4-12-11(13)3-2-6-14(12)20-15(9-19)10(7-17)8-18/h1-6,20H. The van der Waals surface area contributed by atoms with Gasteiger partial charge in [0.2, 0.25) is 0 Å². The van der Waals surface area contributed by atoms with E-state index >= 15 is 0 Å². The van der Waals surface area contributed by atoms with Crippen LogP contribution in [0.3, 0.4) is 0 Å². The van der Waals surface area contributed by atoms with Crippen molar-refractivity contribution in [1.82, 2.24) is 0 Å². The van der Waals surface area contributed by atoms with E-state index in [2.05, 4.69) is 21.2 Å². The van der Waals surface area contributed by atoms with E-state index in [1.807, 2.05) is 36.4 Å². The van der Waals surface area contributed by atoms with Crippen LogP contribution >= 0.6 is 15.9 Å². The molecule has 2 aromatic rings. The van der Waals surface area contributed by atoms with Crippen LogP contribution in [-0.4, -0.2) is 0 Å². The molecule has 0 amide bonds. The second-order valence-electron chi connectivity index (χ2n) is 3.85. The Labute approximate surface area is 124 Å². The molecule has 4 nitrogen and oxygen atoms in total. The molecule has 0 saturated heterocycles. The van der Waals surface area contributed by atoms with Crippen LogP contribution in [0.5, 0.6) is 0 Å². The van der Waals surface area contributed by atoms with Crippen molar-refractivity contribution in [3.05, 3.63) is 52.1 Å². The van der Waals surface area contributed by atoms with Crippen LogP contribution in [0.2, 0.25) is 0 Å². The highest BCUT2D eigenvalue weighted by atomic mass is 79.9. The summed E-state index contributed by atoms with van der Waals surface area (Å²) in [5.74, 6) is 0. The minimum atomic E-state index is -0.237. The number of nitrogens with zero attached hydrogens (tertiary/aromatic N) is 3. The summed E-state index contributed by atoms with van der Waals surface area (Å²) in [6.07, 6.45) is 0. The van der Waals surface area contributed by atoms with Crippen LogP contribution in [0.4, 0.5) is 5.69 Å². The van der Waals surface area contributed by atoms with Crippen LogP contribution < -0.4 is 5.32 Å². The van der Waals surface area contributed by atoms with Gasteiger partial charge in [-0.2, -0.15) is 15.8 Å². The van der Waals surface area contributed by atoms with Gasteiger partial charge < -0.3 is 5.32 Å². The molecule has 0 heterocycles. The van der Waals surface area contributed by atoms with Gasteiger partial charge >= 0.3 is 0 Å². The highest BCUT2D eigenvalue weighted by Gasteiger charge is 2.09. The number of anilines is 1. The van der Waals surface area contributed by atoms with Crippen molar-refractivity contribution in [2.45, 2.75) is 0 Å². The highest BCUT2D eigenvalue weighted by Crippen LogP contribution is 2.30. The first-order chi connectivity index (χ1) is 9.71. The summed E-state index contributed by atoms with van der Waals surface area (Å²) >= 11 is 3.46. The summed E-state index contributed by atoms with van der Waals surface area (Å²) in [5, 5.41) is 31.5. The predicted octanol–water partition coefficient (Wildman–Crippen LogP) is 3.84. The molecule has 0 spiro atoms. The van der Waals surface area contributed by atoms with Crippen molar-refractivity contribution in [2.75, 3.05) is 5.32 Å². The Kier molecular flexibility index (Phi) is 4.01. The molecule has 0 radical (unpaired) electrons. The Morgan fingerprint density at radius 3 is 2.20 bits per heavy atom. The lowest BCUT2D eigenvalue weighted by Gasteiger charge is -2.09. The minimum absolute atomic E-state index is 0.0533. The third kappa shape index (κ3) is 2.47. The molecule has 0 fully saturated rings. The van der Waals surface area contributed by atoms with Crippen LogP contribution in [0, 0.1) is 34.0 Å². The van der Waals surface area contributed by atoms with Gasteiger partial charge in [-0.25, -0.2) is 0 Å². The van der Waals surface area contributed by atoms with Crippen molar-refractivity contribution in [2.24, 2.45) is 0 Å². The van der Waals surface area contributed by atoms with Gasteiger partial charge in [0.1, 0.15) is 23.9 Å². The Bertz CT molecular complexity index is 816. The van der Waals surface area contributed by atoms with E-state index in [-0.39, 0.29) is 11.3 Å². The lowest BCUT2D eigenvalue weighted by atomic mass is 10.1. The molecule has 0 aliphatic heterocycles. The summed E-state index contributed by atoms with van der Waals surface area (Å²) < 4.78 is 0.932. The molecule has 1 N–H and O–H groups in total. The van der Waals surface area contributed by atoms with E-state index in [0.717, 1.165) is 15.2 Å². The van der Waals surface area contributed by atoms with Crippen molar-refractivity contribution in [3.63, 3.8) is 0 Å². The third-order valence-corrected chi connectivity index (χ3v) is 3.41. The van der Waals surface area contributed by atoms with Crippen LogP contribution in [0.15, 0.2) is 52.1 Å². The van der Waals surface area contributed by atoms with Crippen LogP contribution in [-0.2, 0) is 0 Å². The largest absolute Gasteiger partial charge is 0.345 e. The van der Waals surface area contributed by atoms with Crippen molar-refractivity contribution in [3.8, 4) is 18.2 Å². The molecule has 2 aromatic carbocycles. The van der Waals surface area contributed by atoms with Gasteiger partial charge in [-0.1, -0.05) is 40.2 Å². The van der Waals surface area contributed by atoms with Gasteiger partial charge in [0, 0.05) is 15.5 Å². The van der Waals surface area contributed by atoms with Gasteiger partial charge in [-0.3, -0.25) is 0 Å². The topological polar surface area (TPSA) is 83.4 Å². The molecule has 0 aliphatic carbocycles. The summed E-state index contributed by atoms with van der Waals surface area (Å²) in [4.78, 5) is 0. The molecule has 94 valence electrons. The van der Waals surface area contributed by atoms with Gasteiger partial charge in [-0.05, 0) is 17.5 Å². The molecule has 0 unspecified atom stereocenters. The number of hydrogen-bond acceptors (Lipinski definition) is 4. The normalized spacial score (nSPS) is 9.10. The maximum atomic E-state index is 9.06. The molecule has 0 atom stereocenters. The molecule has 5 heteroatoms. The number of halogens is 1. The number of rotatable bonds is 2. The maximum absolute atomic E-state index is 9.06. The lowest BCUT2D eigenvalue weighted by Crippen LogP contribution is -2.01. The van der Waals surface area contributed by atoms with Crippen molar-refractivity contribution < 1.29 is 0 Å². The zero-order valence-corrected chi connectivity index (χ0v) is 11.8. The Balaban J connectivity index is 2.60. The van der Waals surface area contributed by atoms with E-state index in [0.29, 0.717) is 5.69 Å². The quantitative estimate of drug-likeness (QED) is 0.851. The molecule has 20 heavy (non-hydrogen) atoms. The number of nitrogens with one attached hydrogen (secondary N) is 1. The second-order valence-corrected chi connectivity index (χ2v) is 4.71. The van der Waals surface area contributed by atoms with Gasteiger partial charge in [0.15, 0.2) is 5.57 Å². The van der Waals surface area contributed by atoms with E-state index in [1.165, 1.54) is 0 Å². The van der Waals surface area contributed by atoms with E-state index in [4.69, 9.17) is 15.8 Å². The molecule has 0 saturated carbocycles. The first kappa shape index (κ1) is 13.6. The van der Waals surface area contributed by atoms with Gasteiger partial charge in [-0.15, -0.1) is 0 Å². The average molecular weight is 323 g/mol. The minimum Gasteiger partial charge on any atom is -0.345 e. The second kappa shape index (κ2) is 5.89. The number of nitriles is 3. The van der Waals surface area contributed by atoms with Crippen LogP contribution in [0.25, 0.3) is 10.8 Å². The maximum Gasteiger partial charge on any atom is 0.163 e. The van der Waals surface area contributed by atoms with Crippen molar-refractivity contribution >= 4 is 32.4 Å². The monoisotopic (exact) mass is 322 g/mol. The fraction of sp³-hybridized carbons (Fsp3) is 0. The molecule has 2 rings (SSSR count). The SMILES string of the molecule is N#CC(C#N)=C(C#N)Nc1cccc2c(Br)cccc12. The predicted molar refractivity (Wildman–Crippen MR) is 79.1 cm³/mol. The first-order valence-electron chi connectivity index (χ1n) is 5.60. The van der Waals surface area contributed by atoms with E-state index < -0.39 is 0 Å². The average Bonchev–Trinajstić information content (AvgIpc) is 2.48. The number of fused-ring (bicyclic) bond motifs is 1. The lowest BCUT2D eigenvalue weighted by molar-refractivity contribution is 1.38. The molecular formula is C15H7BrN4. The Hall–Kier alpha value is -2.81. The van der Waals surface area contributed by atoms with Gasteiger partial charge in [0.05, 0.1) is 0 Å². The zero-order valence-electron chi connectivity index (χ0n) is 10.2. The van der Waals surface area contributed by atoms with Gasteiger partial charge in [0.25, 0.3) is 0 Å². The third-order valence-electron chi connectivity index (χ3n) is 2.71. The highest BCUT2D eigenvalue weighted by molar-refractivity contribution is 9.10. The fourth-order valence-electron chi connectivity index (χ4n) is 1.80. The van der Waals surface area contributed by atoms with E-state index in [9.17, 15) is 0 Å². The number of allylic oxidation sites excluding steroid dienone is 2. The number of hydrogen-bond donors (Lipinski definition) is 1. The molecule has 0 aliphatic rings. The van der Waals surface area contributed by atoms with Crippen molar-refractivity contribution in [1.29, 1.82) is 15.8 Å². The molecule has 0 aromatic heterocycles. The number of benzene rings is 2. The Morgan fingerprint density at radius 2 is 1.55 bits per heavy atom. The summed E-state index contributed by atoms with van der Waals surface area (Å²) in [6.45, 7) is 0. The zero-order chi connectivity index (χ0) is 14.5. The molecule has 0 bridgehead atoms. The van der Waals surface area contributed by atoms with Crippen LogP contribution in [0.1, 0.15) is 0 Å². The molecular weight excluding hydrogens is 316 g/mol. The van der Waals surface area contributed by atoms with E-state index in [1.54, 1.807) is 18.2 Å². The smallest absolute Gasteiger partial charge is 0.163 e. The Morgan fingerprint density at radius 1 is 0.900 bits per heavy atom. The summed E-state index contributed by atoms with van der Waals surface area (Å²) in [6, 6.07) is 16.5. The fourth-order valence-corrected chi connectivity index (χ4v) is 2.30.